The largest absolute Gasteiger partial charge is 0.465 e. The lowest BCUT2D eigenvalue weighted by Gasteiger charge is -2.34. The van der Waals surface area contributed by atoms with Crippen LogP contribution >= 0.6 is 0 Å². The van der Waals surface area contributed by atoms with E-state index in [-0.39, 0.29) is 4.90 Å². The van der Waals surface area contributed by atoms with Gasteiger partial charge in [0, 0.05) is 23.6 Å². The molecule has 1 unspecified atom stereocenters. The molecule has 0 bridgehead atoms. The number of carboxylic acid groups (broad SMARTS) is 1. The molecule has 0 aliphatic rings. The van der Waals surface area contributed by atoms with Gasteiger partial charge in [-0.3, -0.25) is 0 Å². The zero-order valence-electron chi connectivity index (χ0n) is 23.2. The number of benzene rings is 3. The molecular formula is C30H34N4O5S. The summed E-state index contributed by atoms with van der Waals surface area (Å²) in [6.45, 7) is 9.02. The molecule has 0 fully saturated rings. The van der Waals surface area contributed by atoms with E-state index in [1.807, 2.05) is 55.5 Å². The summed E-state index contributed by atoms with van der Waals surface area (Å²) in [5.41, 5.74) is 2.11. The fourth-order valence-electron chi connectivity index (χ4n) is 4.79. The lowest BCUT2D eigenvalue weighted by Crippen LogP contribution is -2.46. The number of amides is 1. The number of nitrogens with zero attached hydrogens (tertiary/aromatic N) is 2. The van der Waals surface area contributed by atoms with Crippen LogP contribution in [0.15, 0.2) is 82.2 Å². The number of carbonyl (C=O) groups is 1. The molecule has 210 valence electrons. The molecule has 4 aromatic rings. The van der Waals surface area contributed by atoms with Crippen molar-refractivity contribution < 1.29 is 22.8 Å². The smallest absolute Gasteiger partial charge is 0.405 e. The van der Waals surface area contributed by atoms with Crippen LogP contribution in [0.4, 0.5) is 4.79 Å². The average Bonchev–Trinajstić information content (AvgIpc) is 3.33. The standard InChI is InChI=1S/C30H34N4O5S/c1-6-30(32-28(35)36,19-21-10-9-11-23(18-21)27-31-20(2)39-33-27)24-16-14-22(15-17-24)25-12-7-8-13-26(25)40(37,38)34-29(3,4)5/h7-18,32,34H,6,19H2,1-5H3,(H,35,36). The minimum absolute atomic E-state index is 0.177. The highest BCUT2D eigenvalue weighted by Crippen LogP contribution is 2.34. The number of rotatable bonds is 9. The van der Waals surface area contributed by atoms with Crippen LogP contribution in [0.3, 0.4) is 0 Å². The lowest BCUT2D eigenvalue weighted by molar-refractivity contribution is 0.175. The molecule has 1 atom stereocenters. The van der Waals surface area contributed by atoms with E-state index in [1.165, 1.54) is 0 Å². The first-order chi connectivity index (χ1) is 18.8. The molecule has 1 amide bonds. The van der Waals surface area contributed by atoms with Gasteiger partial charge in [-0.25, -0.2) is 17.9 Å². The fourth-order valence-corrected chi connectivity index (χ4v) is 6.44. The van der Waals surface area contributed by atoms with Crippen molar-refractivity contribution in [1.82, 2.24) is 20.2 Å². The van der Waals surface area contributed by atoms with Gasteiger partial charge in [0.25, 0.3) is 0 Å². The van der Waals surface area contributed by atoms with Crippen LogP contribution in [0, 0.1) is 6.92 Å². The van der Waals surface area contributed by atoms with Gasteiger partial charge in [0.1, 0.15) is 0 Å². The van der Waals surface area contributed by atoms with Crippen molar-refractivity contribution in [3.05, 3.63) is 89.8 Å². The van der Waals surface area contributed by atoms with Crippen molar-refractivity contribution in [2.24, 2.45) is 0 Å². The van der Waals surface area contributed by atoms with Gasteiger partial charge in [0.2, 0.25) is 21.7 Å². The van der Waals surface area contributed by atoms with Gasteiger partial charge in [-0.2, -0.15) is 4.98 Å². The Hall–Kier alpha value is -4.02. The molecular weight excluding hydrogens is 528 g/mol. The maximum Gasteiger partial charge on any atom is 0.405 e. The average molecular weight is 563 g/mol. The Morgan fingerprint density at radius 2 is 1.68 bits per heavy atom. The zero-order valence-corrected chi connectivity index (χ0v) is 24.0. The summed E-state index contributed by atoms with van der Waals surface area (Å²) in [4.78, 5) is 16.4. The van der Waals surface area contributed by atoms with Crippen molar-refractivity contribution in [1.29, 1.82) is 0 Å². The monoisotopic (exact) mass is 562 g/mol. The number of hydrogen-bond donors (Lipinski definition) is 3. The van der Waals surface area contributed by atoms with Crippen molar-refractivity contribution in [2.45, 2.75) is 63.4 Å². The Morgan fingerprint density at radius 3 is 2.27 bits per heavy atom. The van der Waals surface area contributed by atoms with Crippen LogP contribution in [0.5, 0.6) is 0 Å². The highest BCUT2D eigenvalue weighted by molar-refractivity contribution is 7.89. The van der Waals surface area contributed by atoms with Crippen LogP contribution < -0.4 is 10.0 Å². The third-order valence-electron chi connectivity index (χ3n) is 6.53. The van der Waals surface area contributed by atoms with Gasteiger partial charge in [0.15, 0.2) is 0 Å². The number of nitrogens with one attached hydrogen (secondary N) is 2. The van der Waals surface area contributed by atoms with E-state index in [1.54, 1.807) is 52.0 Å². The molecule has 0 aliphatic carbocycles. The van der Waals surface area contributed by atoms with Crippen LogP contribution in [-0.4, -0.2) is 35.3 Å². The minimum Gasteiger partial charge on any atom is -0.465 e. The van der Waals surface area contributed by atoms with Gasteiger partial charge >= 0.3 is 6.09 Å². The molecule has 3 aromatic carbocycles. The predicted octanol–water partition coefficient (Wildman–Crippen LogP) is 5.90. The van der Waals surface area contributed by atoms with E-state index in [9.17, 15) is 18.3 Å². The number of sulfonamides is 1. The second kappa shape index (κ2) is 11.2. The summed E-state index contributed by atoms with van der Waals surface area (Å²) in [6, 6.07) is 21.8. The first-order valence-corrected chi connectivity index (χ1v) is 14.4. The molecule has 0 saturated heterocycles. The van der Waals surface area contributed by atoms with Crippen molar-refractivity contribution >= 4 is 16.1 Å². The Bertz CT molecular complexity index is 1610. The highest BCUT2D eigenvalue weighted by atomic mass is 32.2. The maximum absolute atomic E-state index is 13.2. The Morgan fingerprint density at radius 1 is 0.975 bits per heavy atom. The molecule has 3 N–H and O–H groups in total. The molecule has 0 saturated carbocycles. The van der Waals surface area contributed by atoms with Crippen molar-refractivity contribution in [3.8, 4) is 22.5 Å². The quantitative estimate of drug-likeness (QED) is 0.231. The van der Waals surface area contributed by atoms with Crippen LogP contribution in [-0.2, 0) is 22.0 Å². The molecule has 0 aliphatic heterocycles. The summed E-state index contributed by atoms with van der Waals surface area (Å²) in [6.07, 6.45) is -0.286. The van der Waals surface area contributed by atoms with E-state index < -0.39 is 27.2 Å². The van der Waals surface area contributed by atoms with Crippen LogP contribution in [0.2, 0.25) is 0 Å². The SMILES string of the molecule is CCC(Cc1cccc(-c2noc(C)n2)c1)(NC(=O)O)c1ccc(-c2ccccc2S(=O)(=O)NC(C)(C)C)cc1. The number of hydrogen-bond acceptors (Lipinski definition) is 6. The van der Waals surface area contributed by atoms with Gasteiger partial charge < -0.3 is 14.9 Å². The molecule has 4 rings (SSSR count). The van der Waals surface area contributed by atoms with E-state index in [0.29, 0.717) is 35.7 Å². The molecule has 40 heavy (non-hydrogen) atoms. The zero-order chi connectivity index (χ0) is 29.1. The Kier molecular flexibility index (Phi) is 8.13. The molecule has 9 nitrogen and oxygen atoms in total. The summed E-state index contributed by atoms with van der Waals surface area (Å²) < 4.78 is 34.2. The molecule has 10 heteroatoms. The Labute approximate surface area is 234 Å². The highest BCUT2D eigenvalue weighted by Gasteiger charge is 2.33. The first-order valence-electron chi connectivity index (χ1n) is 13.0. The number of aromatic nitrogens is 2. The Balaban J connectivity index is 1.71. The van der Waals surface area contributed by atoms with Crippen LogP contribution in [0.1, 0.15) is 51.1 Å². The summed E-state index contributed by atoms with van der Waals surface area (Å²) in [7, 11) is -3.78. The minimum atomic E-state index is -3.78. The van der Waals surface area contributed by atoms with E-state index in [2.05, 4.69) is 20.2 Å². The molecule has 1 aromatic heterocycles. The first kappa shape index (κ1) is 29.0. The topological polar surface area (TPSA) is 134 Å². The van der Waals surface area contributed by atoms with E-state index in [4.69, 9.17) is 4.52 Å². The third-order valence-corrected chi connectivity index (χ3v) is 8.35. The fraction of sp³-hybridized carbons (Fsp3) is 0.300. The third kappa shape index (κ3) is 6.57. The molecule has 0 radical (unpaired) electrons. The summed E-state index contributed by atoms with van der Waals surface area (Å²) in [5.74, 6) is 0.922. The summed E-state index contributed by atoms with van der Waals surface area (Å²) in [5, 5.41) is 16.5. The summed E-state index contributed by atoms with van der Waals surface area (Å²) >= 11 is 0. The van der Waals surface area contributed by atoms with Gasteiger partial charge in [-0.05, 0) is 62.4 Å². The maximum atomic E-state index is 13.2. The number of aryl methyl sites for hydroxylation is 1. The molecule has 1 heterocycles. The second-order valence-corrected chi connectivity index (χ2v) is 12.5. The van der Waals surface area contributed by atoms with E-state index in [0.717, 1.165) is 16.7 Å². The molecule has 0 spiro atoms. The predicted molar refractivity (Wildman–Crippen MR) is 153 cm³/mol. The van der Waals surface area contributed by atoms with Crippen molar-refractivity contribution in [2.75, 3.05) is 0 Å². The van der Waals surface area contributed by atoms with Gasteiger partial charge in [-0.1, -0.05) is 72.7 Å². The van der Waals surface area contributed by atoms with Crippen LogP contribution in [0.25, 0.3) is 22.5 Å². The van der Waals surface area contributed by atoms with E-state index >= 15 is 0 Å². The lowest BCUT2D eigenvalue weighted by atomic mass is 9.80. The van der Waals surface area contributed by atoms with Gasteiger partial charge in [0.05, 0.1) is 10.4 Å². The normalized spacial score (nSPS) is 13.5. The van der Waals surface area contributed by atoms with Crippen molar-refractivity contribution in [3.63, 3.8) is 0 Å². The second-order valence-electron chi connectivity index (χ2n) is 10.8. The van der Waals surface area contributed by atoms with Gasteiger partial charge in [-0.15, -0.1) is 0 Å².